The fourth-order valence-corrected chi connectivity index (χ4v) is 5.87. The van der Waals surface area contributed by atoms with E-state index in [9.17, 15) is 24.6 Å². The number of phenolic OH excluding ortho intramolecular Hbond substituents is 1. The lowest BCUT2D eigenvalue weighted by Gasteiger charge is -2.38. The molecule has 0 saturated heterocycles. The molecule has 3 N–H and O–H groups in total. The second-order valence-corrected chi connectivity index (χ2v) is 14.0. The van der Waals surface area contributed by atoms with Crippen LogP contribution in [0, 0.1) is 5.41 Å². The zero-order valence-corrected chi connectivity index (χ0v) is 24.9. The molecule has 7 heteroatoms. The zero-order chi connectivity index (χ0) is 29.8. The van der Waals surface area contributed by atoms with Crippen LogP contribution in [0.3, 0.4) is 0 Å². The van der Waals surface area contributed by atoms with Crippen LogP contribution >= 0.6 is 0 Å². The highest BCUT2D eigenvalue weighted by Gasteiger charge is 2.44. The lowest BCUT2D eigenvalue weighted by Crippen LogP contribution is -2.40. The standard InChI is InChI=1S/C33H42N2O5/c1-31(2,3)20-15-19(16-21(30(20)40)32(4,5)6)29-28-23(17-33(7,8)18-25(28)36)34-22-11-9-10-12-24(22)35(29)26(37)13-14-27(38)39/h9-12,15-16,29,34,40H,13-14,17-18H2,1-8H3,(H,38,39)/t29-/m1/s1. The molecule has 1 aliphatic heterocycles. The first-order valence-electron chi connectivity index (χ1n) is 13.9. The number of aliphatic carboxylic acids is 1. The number of carboxylic acids is 1. The number of hydrogen-bond acceptors (Lipinski definition) is 5. The van der Waals surface area contributed by atoms with E-state index in [1.165, 1.54) is 0 Å². The maximum Gasteiger partial charge on any atom is 0.303 e. The van der Waals surface area contributed by atoms with Crippen LogP contribution < -0.4 is 10.2 Å². The molecule has 0 unspecified atom stereocenters. The van der Waals surface area contributed by atoms with Crippen molar-refractivity contribution in [2.75, 3.05) is 10.2 Å². The zero-order valence-electron chi connectivity index (χ0n) is 24.9. The number of fused-ring (bicyclic) bond motifs is 1. The Bertz CT molecular complexity index is 1370. The Morgan fingerprint density at radius 3 is 2.10 bits per heavy atom. The average Bonchev–Trinajstić information content (AvgIpc) is 2.94. The highest BCUT2D eigenvalue weighted by molar-refractivity contribution is 6.06. The number of para-hydroxylation sites is 2. The minimum Gasteiger partial charge on any atom is -0.507 e. The van der Waals surface area contributed by atoms with Gasteiger partial charge in [-0.05, 0) is 63.6 Å². The van der Waals surface area contributed by atoms with E-state index >= 15 is 0 Å². The van der Waals surface area contributed by atoms with Crippen molar-refractivity contribution >= 4 is 29.0 Å². The SMILES string of the molecule is CC1(C)CC(=O)C2=C(C1)Nc1ccccc1N(C(=O)CCC(=O)O)[C@@H]2c1cc(C(C)(C)C)c(O)c(C(C)(C)C)c1. The summed E-state index contributed by atoms with van der Waals surface area (Å²) >= 11 is 0. The second-order valence-electron chi connectivity index (χ2n) is 14.0. The van der Waals surface area contributed by atoms with Gasteiger partial charge in [0.2, 0.25) is 5.91 Å². The number of Topliss-reactive ketones (excluding diaryl/α,β-unsaturated/α-hetero) is 1. The Kier molecular flexibility index (Phi) is 7.41. The Morgan fingerprint density at radius 2 is 1.55 bits per heavy atom. The van der Waals surface area contributed by atoms with Crippen LogP contribution in [0.25, 0.3) is 0 Å². The molecule has 1 aliphatic carbocycles. The van der Waals surface area contributed by atoms with Gasteiger partial charge in [0.15, 0.2) is 5.78 Å². The quantitative estimate of drug-likeness (QED) is 0.381. The van der Waals surface area contributed by atoms with Crippen molar-refractivity contribution in [2.45, 2.75) is 97.9 Å². The van der Waals surface area contributed by atoms with E-state index in [0.717, 1.165) is 22.4 Å². The lowest BCUT2D eigenvalue weighted by molar-refractivity contribution is -0.138. The third-order valence-corrected chi connectivity index (χ3v) is 7.79. The Hall–Kier alpha value is -3.61. The number of nitrogens with zero attached hydrogens (tertiary/aromatic N) is 1. The molecule has 0 saturated carbocycles. The molecule has 1 heterocycles. The number of carboxylic acid groups (broad SMARTS) is 1. The van der Waals surface area contributed by atoms with Crippen LogP contribution in [0.15, 0.2) is 47.7 Å². The van der Waals surface area contributed by atoms with Crippen molar-refractivity contribution in [1.82, 2.24) is 0 Å². The summed E-state index contributed by atoms with van der Waals surface area (Å²) in [7, 11) is 0. The summed E-state index contributed by atoms with van der Waals surface area (Å²) < 4.78 is 0. The predicted octanol–water partition coefficient (Wildman–Crippen LogP) is 7.00. The van der Waals surface area contributed by atoms with E-state index in [1.807, 2.05) is 77.9 Å². The van der Waals surface area contributed by atoms with Crippen LogP contribution in [-0.4, -0.2) is 27.9 Å². The van der Waals surface area contributed by atoms with Gasteiger partial charge in [0.25, 0.3) is 0 Å². The number of aromatic hydroxyl groups is 1. The van der Waals surface area contributed by atoms with Crippen molar-refractivity contribution in [3.05, 3.63) is 64.4 Å². The minimum absolute atomic E-state index is 0.0460. The molecular formula is C33H42N2O5. The molecule has 2 aliphatic rings. The van der Waals surface area contributed by atoms with Gasteiger partial charge >= 0.3 is 5.97 Å². The summed E-state index contributed by atoms with van der Waals surface area (Å²) in [5.74, 6) is -1.27. The van der Waals surface area contributed by atoms with Gasteiger partial charge in [-0.1, -0.05) is 67.5 Å². The van der Waals surface area contributed by atoms with Crippen molar-refractivity contribution in [3.8, 4) is 5.75 Å². The molecule has 0 aromatic heterocycles. The highest BCUT2D eigenvalue weighted by Crippen LogP contribution is 2.50. The van der Waals surface area contributed by atoms with E-state index in [-0.39, 0.29) is 35.7 Å². The number of allylic oxidation sites excluding steroid dienone is 1. The van der Waals surface area contributed by atoms with Gasteiger partial charge < -0.3 is 15.5 Å². The van der Waals surface area contributed by atoms with Crippen LogP contribution in [0.4, 0.5) is 11.4 Å². The lowest BCUT2D eigenvalue weighted by atomic mass is 9.72. The first-order valence-corrected chi connectivity index (χ1v) is 13.9. The van der Waals surface area contributed by atoms with E-state index in [0.29, 0.717) is 29.8 Å². The highest BCUT2D eigenvalue weighted by atomic mass is 16.4. The fourth-order valence-electron chi connectivity index (χ4n) is 5.87. The Labute approximate surface area is 237 Å². The molecule has 0 radical (unpaired) electrons. The van der Waals surface area contributed by atoms with E-state index in [4.69, 9.17) is 0 Å². The summed E-state index contributed by atoms with van der Waals surface area (Å²) in [6, 6.07) is 10.5. The van der Waals surface area contributed by atoms with E-state index in [2.05, 4.69) is 19.2 Å². The van der Waals surface area contributed by atoms with Crippen molar-refractivity contribution in [2.24, 2.45) is 5.41 Å². The van der Waals surface area contributed by atoms with Gasteiger partial charge in [0.05, 0.1) is 23.8 Å². The number of carbonyl (C=O) groups is 3. The molecule has 1 atom stereocenters. The van der Waals surface area contributed by atoms with Crippen molar-refractivity contribution in [1.29, 1.82) is 0 Å². The van der Waals surface area contributed by atoms with Crippen molar-refractivity contribution < 1.29 is 24.6 Å². The van der Waals surface area contributed by atoms with Gasteiger partial charge in [-0.25, -0.2) is 0 Å². The number of rotatable bonds is 4. The summed E-state index contributed by atoms with van der Waals surface area (Å²) in [6.07, 6.45) is 0.416. The monoisotopic (exact) mass is 546 g/mol. The predicted molar refractivity (Wildman–Crippen MR) is 158 cm³/mol. The number of anilines is 2. The van der Waals surface area contributed by atoms with Crippen LogP contribution in [0.2, 0.25) is 0 Å². The van der Waals surface area contributed by atoms with Crippen LogP contribution in [0.5, 0.6) is 5.75 Å². The number of nitrogens with one attached hydrogen (secondary N) is 1. The second kappa shape index (κ2) is 10.1. The van der Waals surface area contributed by atoms with Gasteiger partial charge in [-0.3, -0.25) is 19.3 Å². The molecule has 0 bridgehead atoms. The molecule has 7 nitrogen and oxygen atoms in total. The minimum atomic E-state index is -1.06. The van der Waals surface area contributed by atoms with Gasteiger partial charge in [0.1, 0.15) is 5.75 Å². The molecule has 0 spiro atoms. The normalized spacial score (nSPS) is 18.9. The van der Waals surface area contributed by atoms with Gasteiger partial charge in [0, 0.05) is 24.1 Å². The molecular weight excluding hydrogens is 504 g/mol. The summed E-state index contributed by atoms with van der Waals surface area (Å²) in [5, 5.41) is 24.3. The third kappa shape index (κ3) is 5.65. The van der Waals surface area contributed by atoms with E-state index < -0.39 is 22.8 Å². The van der Waals surface area contributed by atoms with Gasteiger partial charge in [-0.2, -0.15) is 0 Å². The average molecular weight is 547 g/mol. The topological polar surface area (TPSA) is 107 Å². The molecule has 40 heavy (non-hydrogen) atoms. The number of benzene rings is 2. The van der Waals surface area contributed by atoms with E-state index in [1.54, 1.807) is 4.90 Å². The van der Waals surface area contributed by atoms with Crippen LogP contribution in [-0.2, 0) is 25.2 Å². The Morgan fingerprint density at radius 1 is 0.975 bits per heavy atom. The molecule has 214 valence electrons. The summed E-state index contributed by atoms with van der Waals surface area (Å²) in [4.78, 5) is 41.1. The van der Waals surface area contributed by atoms with Crippen LogP contribution in [0.1, 0.15) is 104 Å². The maximum absolute atomic E-state index is 14.0. The molecule has 1 amide bonds. The number of phenols is 1. The number of hydrogen-bond donors (Lipinski definition) is 3. The molecule has 2 aromatic rings. The Balaban J connectivity index is 2.10. The van der Waals surface area contributed by atoms with Crippen molar-refractivity contribution in [3.63, 3.8) is 0 Å². The number of ketones is 1. The first-order chi connectivity index (χ1) is 18.4. The third-order valence-electron chi connectivity index (χ3n) is 7.79. The molecule has 2 aromatic carbocycles. The fraction of sp³-hybridized carbons (Fsp3) is 0.485. The number of amides is 1. The summed E-state index contributed by atoms with van der Waals surface area (Å²) in [5.41, 5.74) is 3.63. The number of carbonyl (C=O) groups excluding carboxylic acids is 2. The first kappa shape index (κ1) is 29.4. The molecule has 4 rings (SSSR count). The maximum atomic E-state index is 14.0. The summed E-state index contributed by atoms with van der Waals surface area (Å²) in [6.45, 7) is 16.3. The van der Waals surface area contributed by atoms with Gasteiger partial charge in [-0.15, -0.1) is 0 Å². The largest absolute Gasteiger partial charge is 0.507 e. The smallest absolute Gasteiger partial charge is 0.303 e. The molecule has 0 fully saturated rings.